The summed E-state index contributed by atoms with van der Waals surface area (Å²) in [4.78, 5) is 2.44. The van der Waals surface area contributed by atoms with Crippen molar-refractivity contribution in [3.8, 4) is 5.75 Å². The Bertz CT molecular complexity index is 453. The minimum atomic E-state index is -0.409. The molecule has 112 valence electrons. The molecule has 1 aliphatic rings. The van der Waals surface area contributed by atoms with Crippen molar-refractivity contribution in [2.45, 2.75) is 20.3 Å². The highest BCUT2D eigenvalue weighted by molar-refractivity contribution is 5.68. The Balaban J connectivity index is 1.97. The summed E-state index contributed by atoms with van der Waals surface area (Å²) >= 11 is 0. The predicted octanol–water partition coefficient (Wildman–Crippen LogP) is 2.56. The summed E-state index contributed by atoms with van der Waals surface area (Å²) in [6.45, 7) is 8.69. The fourth-order valence-corrected chi connectivity index (χ4v) is 2.61. The number of benzene rings is 1. The molecule has 1 unspecified atom stereocenters. The van der Waals surface area contributed by atoms with Gasteiger partial charge in [-0.3, -0.25) is 0 Å². The SMILES string of the molecule is CCOc1cc(NCC2CCN(CC)C2)c(N)cc1F. The molecule has 2 rings (SSSR count). The molecule has 1 heterocycles. The topological polar surface area (TPSA) is 50.5 Å². The molecule has 0 radical (unpaired) electrons. The average Bonchev–Trinajstić information content (AvgIpc) is 2.88. The number of ether oxygens (including phenoxy) is 1. The minimum Gasteiger partial charge on any atom is -0.491 e. The van der Waals surface area contributed by atoms with Crippen LogP contribution in [0.25, 0.3) is 0 Å². The number of nitrogens with two attached hydrogens (primary N) is 1. The third-order valence-electron chi connectivity index (χ3n) is 3.80. The van der Waals surface area contributed by atoms with Crippen LogP contribution in [0.2, 0.25) is 0 Å². The van der Waals surface area contributed by atoms with Crippen molar-refractivity contribution >= 4 is 11.4 Å². The van der Waals surface area contributed by atoms with Gasteiger partial charge >= 0.3 is 0 Å². The molecule has 20 heavy (non-hydrogen) atoms. The molecule has 4 nitrogen and oxygen atoms in total. The van der Waals surface area contributed by atoms with Crippen LogP contribution >= 0.6 is 0 Å². The van der Waals surface area contributed by atoms with Gasteiger partial charge in [-0.25, -0.2) is 4.39 Å². The van der Waals surface area contributed by atoms with Gasteiger partial charge in [-0.05, 0) is 32.4 Å². The molecule has 3 N–H and O–H groups in total. The highest BCUT2D eigenvalue weighted by atomic mass is 19.1. The molecule has 1 atom stereocenters. The van der Waals surface area contributed by atoms with Crippen LogP contribution in [0, 0.1) is 11.7 Å². The highest BCUT2D eigenvalue weighted by Gasteiger charge is 2.21. The van der Waals surface area contributed by atoms with Crippen LogP contribution in [0.3, 0.4) is 0 Å². The molecule has 1 fully saturated rings. The molecule has 0 saturated carbocycles. The monoisotopic (exact) mass is 281 g/mol. The van der Waals surface area contributed by atoms with Gasteiger partial charge < -0.3 is 20.7 Å². The zero-order valence-corrected chi connectivity index (χ0v) is 12.3. The molecule has 1 saturated heterocycles. The van der Waals surface area contributed by atoms with E-state index in [9.17, 15) is 4.39 Å². The second-order valence-electron chi connectivity index (χ2n) is 5.23. The molecular weight excluding hydrogens is 257 g/mol. The molecule has 1 aromatic rings. The number of likely N-dealkylation sites (tertiary alicyclic amines) is 1. The van der Waals surface area contributed by atoms with Gasteiger partial charge in [-0.1, -0.05) is 6.92 Å². The Hall–Kier alpha value is -1.49. The van der Waals surface area contributed by atoms with Gasteiger partial charge in [0.25, 0.3) is 0 Å². The van der Waals surface area contributed by atoms with E-state index in [4.69, 9.17) is 10.5 Å². The molecule has 0 aromatic heterocycles. The number of nitrogen functional groups attached to an aromatic ring is 1. The van der Waals surface area contributed by atoms with E-state index in [0.29, 0.717) is 18.2 Å². The van der Waals surface area contributed by atoms with Crippen LogP contribution in [0.15, 0.2) is 12.1 Å². The molecule has 0 spiro atoms. The smallest absolute Gasteiger partial charge is 0.167 e. The van der Waals surface area contributed by atoms with Gasteiger partial charge in [-0.2, -0.15) is 0 Å². The van der Waals surface area contributed by atoms with Gasteiger partial charge in [-0.15, -0.1) is 0 Å². The standard InChI is InChI=1S/C15H24FN3O/c1-3-19-6-5-11(10-19)9-18-14-8-15(20-4-2)12(16)7-13(14)17/h7-8,11,18H,3-6,9-10,17H2,1-2H3. The first kappa shape index (κ1) is 14.9. The van der Waals surface area contributed by atoms with Crippen LogP contribution in [0.5, 0.6) is 5.75 Å². The van der Waals surface area contributed by atoms with Gasteiger partial charge in [0.05, 0.1) is 18.0 Å². The van der Waals surface area contributed by atoms with Crippen LogP contribution in [0.4, 0.5) is 15.8 Å². The lowest BCUT2D eigenvalue weighted by molar-refractivity contribution is 0.322. The van der Waals surface area contributed by atoms with Crippen LogP contribution in [-0.2, 0) is 0 Å². The number of anilines is 2. The van der Waals surface area contributed by atoms with Gasteiger partial charge in [0.2, 0.25) is 0 Å². The Morgan fingerprint density at radius 1 is 1.45 bits per heavy atom. The summed E-state index contributed by atoms with van der Waals surface area (Å²) in [5.41, 5.74) is 7.04. The van der Waals surface area contributed by atoms with Gasteiger partial charge in [0, 0.05) is 25.2 Å². The second kappa shape index (κ2) is 6.79. The summed E-state index contributed by atoms with van der Waals surface area (Å²) in [5, 5.41) is 3.33. The summed E-state index contributed by atoms with van der Waals surface area (Å²) in [6, 6.07) is 2.97. The van der Waals surface area contributed by atoms with Gasteiger partial charge in [0.1, 0.15) is 0 Å². The van der Waals surface area contributed by atoms with E-state index in [1.807, 2.05) is 6.92 Å². The van der Waals surface area contributed by atoms with E-state index >= 15 is 0 Å². The van der Waals surface area contributed by atoms with Crippen molar-refractivity contribution in [2.75, 3.05) is 43.8 Å². The van der Waals surface area contributed by atoms with Crippen molar-refractivity contribution in [1.82, 2.24) is 4.90 Å². The normalized spacial score (nSPS) is 19.2. The van der Waals surface area contributed by atoms with Crippen LogP contribution < -0.4 is 15.8 Å². The zero-order chi connectivity index (χ0) is 14.5. The van der Waals surface area contributed by atoms with Crippen molar-refractivity contribution in [3.63, 3.8) is 0 Å². The lowest BCUT2D eigenvalue weighted by Crippen LogP contribution is -2.22. The van der Waals surface area contributed by atoms with E-state index in [1.54, 1.807) is 6.07 Å². The van der Waals surface area contributed by atoms with E-state index < -0.39 is 5.82 Å². The maximum atomic E-state index is 13.6. The Morgan fingerprint density at radius 3 is 2.90 bits per heavy atom. The third kappa shape index (κ3) is 3.54. The maximum Gasteiger partial charge on any atom is 0.167 e. The van der Waals surface area contributed by atoms with E-state index in [-0.39, 0.29) is 5.75 Å². The van der Waals surface area contributed by atoms with Crippen molar-refractivity contribution in [2.24, 2.45) is 5.92 Å². The fourth-order valence-electron chi connectivity index (χ4n) is 2.61. The Labute approximate surface area is 120 Å². The molecule has 0 bridgehead atoms. The highest BCUT2D eigenvalue weighted by Crippen LogP contribution is 2.29. The number of rotatable bonds is 6. The quantitative estimate of drug-likeness (QED) is 0.787. The summed E-state index contributed by atoms with van der Waals surface area (Å²) in [5.74, 6) is 0.466. The van der Waals surface area contributed by atoms with Crippen molar-refractivity contribution in [1.29, 1.82) is 0 Å². The van der Waals surface area contributed by atoms with Crippen LogP contribution in [-0.4, -0.2) is 37.7 Å². The summed E-state index contributed by atoms with van der Waals surface area (Å²) < 4.78 is 18.9. The Kier molecular flexibility index (Phi) is 5.06. The first-order valence-corrected chi connectivity index (χ1v) is 7.32. The summed E-state index contributed by atoms with van der Waals surface area (Å²) in [6.07, 6.45) is 1.19. The molecule has 5 heteroatoms. The van der Waals surface area contributed by atoms with Crippen molar-refractivity contribution < 1.29 is 9.13 Å². The number of nitrogens with one attached hydrogen (secondary N) is 1. The number of hydrogen-bond donors (Lipinski definition) is 2. The largest absolute Gasteiger partial charge is 0.491 e. The van der Waals surface area contributed by atoms with E-state index in [2.05, 4.69) is 17.1 Å². The summed E-state index contributed by atoms with van der Waals surface area (Å²) in [7, 11) is 0. The third-order valence-corrected chi connectivity index (χ3v) is 3.80. The molecule has 0 aliphatic carbocycles. The number of nitrogens with zero attached hydrogens (tertiary/aromatic N) is 1. The lowest BCUT2D eigenvalue weighted by Gasteiger charge is -2.16. The van der Waals surface area contributed by atoms with Gasteiger partial charge in [0.15, 0.2) is 11.6 Å². The molecule has 0 amide bonds. The Morgan fingerprint density at radius 2 is 2.25 bits per heavy atom. The van der Waals surface area contributed by atoms with Crippen molar-refractivity contribution in [3.05, 3.63) is 17.9 Å². The maximum absolute atomic E-state index is 13.6. The molecular formula is C15H24FN3O. The lowest BCUT2D eigenvalue weighted by atomic mass is 10.1. The minimum absolute atomic E-state index is 0.255. The van der Waals surface area contributed by atoms with E-state index in [0.717, 1.165) is 31.9 Å². The average molecular weight is 281 g/mol. The first-order chi connectivity index (χ1) is 9.63. The number of halogens is 1. The zero-order valence-electron chi connectivity index (χ0n) is 12.3. The fraction of sp³-hybridized carbons (Fsp3) is 0.600. The van der Waals surface area contributed by atoms with Crippen LogP contribution in [0.1, 0.15) is 20.3 Å². The van der Waals surface area contributed by atoms with E-state index in [1.165, 1.54) is 12.5 Å². The second-order valence-corrected chi connectivity index (χ2v) is 5.23. The predicted molar refractivity (Wildman–Crippen MR) is 80.7 cm³/mol. The molecule has 1 aromatic carbocycles. The molecule has 1 aliphatic heterocycles. The number of hydrogen-bond acceptors (Lipinski definition) is 4. The first-order valence-electron chi connectivity index (χ1n) is 7.32.